The molecule has 0 saturated heterocycles. The molecule has 5 nitrogen and oxygen atoms in total. The lowest BCUT2D eigenvalue weighted by atomic mass is 10.1. The van der Waals surface area contributed by atoms with Crippen LogP contribution in [0.25, 0.3) is 10.9 Å². The highest BCUT2D eigenvalue weighted by atomic mass is 19.1. The molecule has 0 radical (unpaired) electrons. The van der Waals surface area contributed by atoms with Crippen molar-refractivity contribution in [2.75, 3.05) is 33.4 Å². The van der Waals surface area contributed by atoms with Crippen LogP contribution in [0, 0.1) is 5.82 Å². The van der Waals surface area contributed by atoms with Gasteiger partial charge in [0.25, 0.3) is 0 Å². The van der Waals surface area contributed by atoms with E-state index in [-0.39, 0.29) is 5.82 Å². The molecule has 2 aromatic rings. The molecule has 1 aromatic carbocycles. The maximum absolute atomic E-state index is 13.4. The Labute approximate surface area is 149 Å². The first-order valence-corrected chi connectivity index (χ1v) is 9.01. The van der Waals surface area contributed by atoms with Crippen LogP contribution in [-0.2, 0) is 11.2 Å². The molecular weight excluding hydrogens is 319 g/mol. The fourth-order valence-corrected chi connectivity index (χ4v) is 2.74. The summed E-state index contributed by atoms with van der Waals surface area (Å²) in [4.78, 5) is 7.78. The number of methoxy groups -OCH3 is 1. The summed E-state index contributed by atoms with van der Waals surface area (Å²) in [6.45, 7) is 5.25. The van der Waals surface area contributed by atoms with Crippen molar-refractivity contribution in [2.45, 2.75) is 32.6 Å². The number of hydrogen-bond donors (Lipinski definition) is 3. The largest absolute Gasteiger partial charge is 0.385 e. The smallest absolute Gasteiger partial charge is 0.191 e. The monoisotopic (exact) mass is 348 g/mol. The van der Waals surface area contributed by atoms with Gasteiger partial charge in [0, 0.05) is 50.5 Å². The number of nitrogens with zero attached hydrogens (tertiary/aromatic N) is 1. The van der Waals surface area contributed by atoms with E-state index in [0.717, 1.165) is 74.4 Å². The van der Waals surface area contributed by atoms with Gasteiger partial charge in [0.1, 0.15) is 5.82 Å². The second-order valence-corrected chi connectivity index (χ2v) is 5.99. The van der Waals surface area contributed by atoms with Crippen LogP contribution in [0.4, 0.5) is 4.39 Å². The van der Waals surface area contributed by atoms with Crippen LogP contribution in [-0.4, -0.2) is 44.3 Å². The lowest BCUT2D eigenvalue weighted by Crippen LogP contribution is -2.38. The summed E-state index contributed by atoms with van der Waals surface area (Å²) in [5.74, 6) is 0.630. The lowest BCUT2D eigenvalue weighted by Gasteiger charge is -2.11. The fraction of sp³-hybridized carbons (Fsp3) is 0.526. The zero-order valence-corrected chi connectivity index (χ0v) is 15.2. The molecule has 6 heteroatoms. The fourth-order valence-electron chi connectivity index (χ4n) is 2.74. The summed E-state index contributed by atoms with van der Waals surface area (Å²) < 4.78 is 18.5. The number of guanidine groups is 1. The Morgan fingerprint density at radius 1 is 1.24 bits per heavy atom. The van der Waals surface area contributed by atoms with E-state index >= 15 is 0 Å². The maximum Gasteiger partial charge on any atom is 0.191 e. The normalized spacial score (nSPS) is 11.9. The number of halogens is 1. The molecule has 0 aliphatic heterocycles. The summed E-state index contributed by atoms with van der Waals surface area (Å²) >= 11 is 0. The molecule has 0 atom stereocenters. The molecule has 138 valence electrons. The first-order valence-electron chi connectivity index (χ1n) is 9.01. The van der Waals surface area contributed by atoms with Gasteiger partial charge >= 0.3 is 0 Å². The number of aliphatic imine (C=N–C) groups is 1. The van der Waals surface area contributed by atoms with Gasteiger partial charge in [-0.2, -0.15) is 0 Å². The molecule has 1 aromatic heterocycles. The predicted molar refractivity (Wildman–Crippen MR) is 102 cm³/mol. The lowest BCUT2D eigenvalue weighted by molar-refractivity contribution is 0.192. The highest BCUT2D eigenvalue weighted by Crippen LogP contribution is 2.19. The van der Waals surface area contributed by atoms with Gasteiger partial charge in [-0.3, -0.25) is 4.99 Å². The topological polar surface area (TPSA) is 61.4 Å². The number of rotatable bonds is 10. The molecule has 0 bridgehead atoms. The van der Waals surface area contributed by atoms with Crippen molar-refractivity contribution in [3.63, 3.8) is 0 Å². The number of fused-ring (bicyclic) bond motifs is 1. The third-order valence-corrected chi connectivity index (χ3v) is 4.04. The molecule has 0 unspecified atom stereocenters. The summed E-state index contributed by atoms with van der Waals surface area (Å²) in [7, 11) is 1.73. The van der Waals surface area contributed by atoms with E-state index in [4.69, 9.17) is 4.74 Å². The summed E-state index contributed by atoms with van der Waals surface area (Å²) in [5, 5.41) is 7.55. The van der Waals surface area contributed by atoms with Gasteiger partial charge in [0.15, 0.2) is 5.96 Å². The Balaban J connectivity index is 1.80. The Morgan fingerprint density at radius 2 is 2.12 bits per heavy atom. The first-order chi connectivity index (χ1) is 12.2. The summed E-state index contributed by atoms with van der Waals surface area (Å²) in [6, 6.07) is 4.83. The average Bonchev–Trinajstić information content (AvgIpc) is 3.00. The van der Waals surface area contributed by atoms with E-state index < -0.39 is 0 Å². The molecular formula is C19H29FN4O. The van der Waals surface area contributed by atoms with Crippen molar-refractivity contribution < 1.29 is 9.13 Å². The number of nitrogens with one attached hydrogen (secondary N) is 3. The zero-order valence-electron chi connectivity index (χ0n) is 15.2. The van der Waals surface area contributed by atoms with Crippen LogP contribution in [0.1, 0.15) is 31.7 Å². The minimum Gasteiger partial charge on any atom is -0.385 e. The third kappa shape index (κ3) is 6.38. The molecule has 0 aliphatic carbocycles. The molecule has 2 rings (SSSR count). The number of aromatic amines is 1. The molecule has 1 heterocycles. The second kappa shape index (κ2) is 10.7. The van der Waals surface area contributed by atoms with Gasteiger partial charge < -0.3 is 20.4 Å². The van der Waals surface area contributed by atoms with Crippen molar-refractivity contribution in [2.24, 2.45) is 4.99 Å². The van der Waals surface area contributed by atoms with Gasteiger partial charge in [-0.25, -0.2) is 4.39 Å². The van der Waals surface area contributed by atoms with E-state index in [1.54, 1.807) is 19.2 Å². The van der Waals surface area contributed by atoms with Crippen LogP contribution in [0.3, 0.4) is 0 Å². The Bertz CT molecular complexity index is 668. The van der Waals surface area contributed by atoms with Gasteiger partial charge in [-0.05, 0) is 56.4 Å². The zero-order chi connectivity index (χ0) is 17.9. The Hall–Kier alpha value is -2.08. The SMILES string of the molecule is CCNC(=NCCCCCOC)NCCc1c[nH]c2ccc(F)cc12. The number of ether oxygens (including phenoxy) is 1. The maximum atomic E-state index is 13.4. The Morgan fingerprint density at radius 3 is 2.92 bits per heavy atom. The Kier molecular flexibility index (Phi) is 8.25. The molecule has 0 saturated carbocycles. The van der Waals surface area contributed by atoms with Crippen molar-refractivity contribution in [1.29, 1.82) is 0 Å². The van der Waals surface area contributed by atoms with Crippen molar-refractivity contribution in [3.05, 3.63) is 35.8 Å². The van der Waals surface area contributed by atoms with Gasteiger partial charge in [-0.1, -0.05) is 0 Å². The van der Waals surface area contributed by atoms with Crippen molar-refractivity contribution >= 4 is 16.9 Å². The van der Waals surface area contributed by atoms with E-state index in [1.165, 1.54) is 6.07 Å². The standard InChI is InChI=1S/C19H29FN4O/c1-3-21-19(22-10-5-4-6-12-25-2)23-11-9-15-14-24-18-8-7-16(20)13-17(15)18/h7-8,13-14,24H,3-6,9-12H2,1-2H3,(H2,21,22,23). The number of H-pyrrole nitrogens is 1. The van der Waals surface area contributed by atoms with E-state index in [9.17, 15) is 4.39 Å². The highest BCUT2D eigenvalue weighted by Gasteiger charge is 2.05. The number of unbranched alkanes of at least 4 members (excludes halogenated alkanes) is 2. The number of aromatic nitrogens is 1. The summed E-state index contributed by atoms with van der Waals surface area (Å²) in [5.41, 5.74) is 2.07. The minimum atomic E-state index is -0.204. The van der Waals surface area contributed by atoms with E-state index in [1.807, 2.05) is 6.20 Å². The molecule has 0 amide bonds. The second-order valence-electron chi connectivity index (χ2n) is 5.99. The van der Waals surface area contributed by atoms with Crippen LogP contribution in [0.2, 0.25) is 0 Å². The van der Waals surface area contributed by atoms with E-state index in [2.05, 4.69) is 27.5 Å². The molecule has 3 N–H and O–H groups in total. The first kappa shape index (κ1) is 19.2. The summed E-state index contributed by atoms with van der Waals surface area (Å²) in [6.07, 6.45) is 6.01. The van der Waals surface area contributed by atoms with Gasteiger partial charge in [0.2, 0.25) is 0 Å². The van der Waals surface area contributed by atoms with Gasteiger partial charge in [-0.15, -0.1) is 0 Å². The van der Waals surface area contributed by atoms with Crippen LogP contribution in [0.15, 0.2) is 29.4 Å². The quantitative estimate of drug-likeness (QED) is 0.351. The number of benzene rings is 1. The number of hydrogen-bond acceptors (Lipinski definition) is 2. The van der Waals surface area contributed by atoms with Crippen LogP contribution in [0.5, 0.6) is 0 Å². The van der Waals surface area contributed by atoms with Crippen LogP contribution < -0.4 is 10.6 Å². The predicted octanol–water partition coefficient (Wildman–Crippen LogP) is 3.22. The third-order valence-electron chi connectivity index (χ3n) is 4.04. The molecule has 0 aliphatic rings. The highest BCUT2D eigenvalue weighted by molar-refractivity contribution is 5.83. The van der Waals surface area contributed by atoms with Gasteiger partial charge in [0.05, 0.1) is 0 Å². The minimum absolute atomic E-state index is 0.204. The van der Waals surface area contributed by atoms with Crippen LogP contribution >= 0.6 is 0 Å². The molecule has 0 spiro atoms. The van der Waals surface area contributed by atoms with Crippen molar-refractivity contribution in [3.8, 4) is 0 Å². The molecule has 0 fully saturated rings. The van der Waals surface area contributed by atoms with Crippen molar-refractivity contribution in [1.82, 2.24) is 15.6 Å². The average molecular weight is 348 g/mol. The van der Waals surface area contributed by atoms with E-state index in [0.29, 0.717) is 0 Å². The molecule has 25 heavy (non-hydrogen) atoms.